The van der Waals surface area contributed by atoms with Gasteiger partial charge in [0, 0.05) is 18.5 Å². The van der Waals surface area contributed by atoms with Gasteiger partial charge in [0.2, 0.25) is 0 Å². The molecule has 70 valence electrons. The summed E-state index contributed by atoms with van der Waals surface area (Å²) in [7, 11) is -1.84. The van der Waals surface area contributed by atoms with Crippen LogP contribution in [-0.2, 0) is 4.57 Å². The zero-order chi connectivity index (χ0) is 9.61. The number of hydrogen-bond acceptors (Lipinski definition) is 1. The first-order chi connectivity index (χ1) is 5.62. The van der Waals surface area contributed by atoms with Gasteiger partial charge in [-0.25, -0.2) is 0 Å². The van der Waals surface area contributed by atoms with Crippen LogP contribution in [0.5, 0.6) is 0 Å². The topological polar surface area (TPSA) is 17.1 Å². The van der Waals surface area contributed by atoms with E-state index >= 15 is 0 Å². The van der Waals surface area contributed by atoms with Gasteiger partial charge < -0.3 is 4.57 Å². The minimum absolute atomic E-state index is 0.736. The summed E-state index contributed by atoms with van der Waals surface area (Å²) in [5.74, 6) is 0. The van der Waals surface area contributed by atoms with Crippen molar-refractivity contribution in [1.29, 1.82) is 0 Å². The van der Waals surface area contributed by atoms with Crippen molar-refractivity contribution in [2.24, 2.45) is 0 Å². The van der Waals surface area contributed by atoms with Crippen molar-refractivity contribution in [1.82, 2.24) is 0 Å². The van der Waals surface area contributed by atoms with Crippen LogP contribution in [0, 0.1) is 0 Å². The van der Waals surface area contributed by atoms with E-state index in [0.29, 0.717) is 0 Å². The van der Waals surface area contributed by atoms with Crippen LogP contribution >= 0.6 is 7.14 Å². The number of hydrogen-bond donors (Lipinski definition) is 0. The monoisotopic (exact) mass is 186 g/mol. The van der Waals surface area contributed by atoms with E-state index in [0.717, 1.165) is 24.1 Å². The Morgan fingerprint density at radius 3 is 2.17 bits per heavy atom. The van der Waals surface area contributed by atoms with Gasteiger partial charge in [0.15, 0.2) is 0 Å². The number of allylic oxidation sites excluding steroid dienone is 3. The Morgan fingerprint density at radius 2 is 1.83 bits per heavy atom. The predicted octanol–water partition coefficient (Wildman–Crippen LogP) is 3.52. The zero-order valence-corrected chi connectivity index (χ0v) is 9.23. The lowest BCUT2D eigenvalue weighted by molar-refractivity contribution is 0.581. The third-order valence-corrected chi connectivity index (χ3v) is 4.47. The van der Waals surface area contributed by atoms with Gasteiger partial charge in [-0.2, -0.15) is 0 Å². The van der Waals surface area contributed by atoms with E-state index in [9.17, 15) is 4.57 Å². The molecule has 1 aliphatic rings. The number of rotatable bonds is 2. The summed E-state index contributed by atoms with van der Waals surface area (Å²) in [4.78, 5) is 0. The molecule has 0 aromatic heterocycles. The van der Waals surface area contributed by atoms with Gasteiger partial charge in [-0.05, 0) is 6.92 Å². The second-order valence-corrected chi connectivity index (χ2v) is 6.17. The Balaban J connectivity index is 0.000000561. The van der Waals surface area contributed by atoms with Gasteiger partial charge in [0.1, 0.15) is 0 Å². The summed E-state index contributed by atoms with van der Waals surface area (Å²) >= 11 is 0. The molecule has 0 fully saturated rings. The zero-order valence-electron chi connectivity index (χ0n) is 8.34. The Morgan fingerprint density at radius 1 is 1.42 bits per heavy atom. The lowest BCUT2D eigenvalue weighted by Crippen LogP contribution is -1.92. The molecule has 0 aromatic rings. The van der Waals surface area contributed by atoms with Crippen LogP contribution in [0.4, 0.5) is 0 Å². The fourth-order valence-electron chi connectivity index (χ4n) is 1.23. The molecule has 0 bridgehead atoms. The maximum Gasteiger partial charge on any atom is 0.0987 e. The van der Waals surface area contributed by atoms with Crippen molar-refractivity contribution in [2.75, 3.05) is 18.5 Å². The summed E-state index contributed by atoms with van der Waals surface area (Å²) in [6.45, 7) is 9.71. The molecule has 12 heavy (non-hydrogen) atoms. The maximum atomic E-state index is 11.7. The molecule has 0 N–H and O–H groups in total. The highest BCUT2D eigenvalue weighted by Crippen LogP contribution is 2.49. The van der Waals surface area contributed by atoms with Crippen molar-refractivity contribution < 1.29 is 4.57 Å². The van der Waals surface area contributed by atoms with Gasteiger partial charge in [0.25, 0.3) is 0 Å². The molecule has 1 heterocycles. The van der Waals surface area contributed by atoms with Crippen LogP contribution in [0.2, 0.25) is 0 Å². The first-order valence-electron chi connectivity index (χ1n) is 4.49. The van der Waals surface area contributed by atoms with Crippen LogP contribution in [0.1, 0.15) is 20.8 Å². The summed E-state index contributed by atoms with van der Waals surface area (Å²) in [6.07, 6.45) is 6.35. The van der Waals surface area contributed by atoms with Gasteiger partial charge >= 0.3 is 0 Å². The highest BCUT2D eigenvalue weighted by molar-refractivity contribution is 7.64. The molecule has 1 nitrogen and oxygen atoms in total. The molecule has 0 radical (unpaired) electrons. The summed E-state index contributed by atoms with van der Waals surface area (Å²) in [6, 6.07) is 0. The van der Waals surface area contributed by atoms with Crippen LogP contribution in [0.15, 0.2) is 24.3 Å². The highest BCUT2D eigenvalue weighted by Gasteiger charge is 2.22. The van der Waals surface area contributed by atoms with Crippen molar-refractivity contribution in [3.63, 3.8) is 0 Å². The lowest BCUT2D eigenvalue weighted by atomic mass is 10.4. The van der Waals surface area contributed by atoms with Gasteiger partial charge in [0.05, 0.1) is 7.14 Å². The molecular weight excluding hydrogens is 167 g/mol. The second-order valence-electron chi connectivity index (χ2n) is 3.01. The van der Waals surface area contributed by atoms with Crippen LogP contribution in [0.25, 0.3) is 0 Å². The Kier molecular flexibility index (Phi) is 5.24. The van der Waals surface area contributed by atoms with Crippen molar-refractivity contribution in [3.05, 3.63) is 24.3 Å². The molecular formula is C10H19OP. The third kappa shape index (κ3) is 3.92. The highest BCUT2D eigenvalue weighted by atomic mass is 31.2. The van der Waals surface area contributed by atoms with E-state index in [1.165, 1.54) is 0 Å². The fraction of sp³-hybridized carbons (Fsp3) is 0.600. The molecule has 1 rings (SSSR count). The average molecular weight is 186 g/mol. The molecule has 0 amide bonds. The SMILES string of the molecule is C=C(C)CP1(=O)CC=CC1.CC. The maximum absolute atomic E-state index is 11.7. The van der Waals surface area contributed by atoms with Gasteiger partial charge in [-0.1, -0.05) is 38.2 Å². The predicted molar refractivity (Wildman–Crippen MR) is 57.5 cm³/mol. The second kappa shape index (κ2) is 5.37. The molecule has 0 atom stereocenters. The van der Waals surface area contributed by atoms with Gasteiger partial charge in [-0.3, -0.25) is 0 Å². The fourth-order valence-corrected chi connectivity index (χ4v) is 3.69. The van der Waals surface area contributed by atoms with E-state index in [1.807, 2.05) is 32.9 Å². The molecule has 0 unspecified atom stereocenters. The Bertz CT molecular complexity index is 204. The molecule has 2 heteroatoms. The minimum Gasteiger partial charge on any atom is -0.323 e. The quantitative estimate of drug-likeness (QED) is 0.476. The van der Waals surface area contributed by atoms with Crippen molar-refractivity contribution in [2.45, 2.75) is 20.8 Å². The third-order valence-electron chi connectivity index (χ3n) is 1.60. The molecule has 0 aliphatic carbocycles. The van der Waals surface area contributed by atoms with Gasteiger partial charge in [-0.15, -0.1) is 0 Å². The van der Waals surface area contributed by atoms with E-state index in [1.54, 1.807) is 0 Å². The van der Waals surface area contributed by atoms with E-state index in [-0.39, 0.29) is 0 Å². The summed E-state index contributed by atoms with van der Waals surface area (Å²) in [5.41, 5.74) is 1.05. The lowest BCUT2D eigenvalue weighted by Gasteiger charge is -2.09. The summed E-state index contributed by atoms with van der Waals surface area (Å²) < 4.78 is 11.7. The van der Waals surface area contributed by atoms with E-state index in [4.69, 9.17) is 0 Å². The molecule has 1 aliphatic heterocycles. The minimum atomic E-state index is -1.84. The van der Waals surface area contributed by atoms with Crippen LogP contribution in [-0.4, -0.2) is 18.5 Å². The normalized spacial score (nSPS) is 18.2. The molecule has 0 aromatic carbocycles. The molecule has 0 saturated heterocycles. The van der Waals surface area contributed by atoms with E-state index < -0.39 is 7.14 Å². The first-order valence-corrected chi connectivity index (χ1v) is 6.75. The Labute approximate surface area is 75.9 Å². The van der Waals surface area contributed by atoms with E-state index in [2.05, 4.69) is 6.58 Å². The smallest absolute Gasteiger partial charge is 0.0987 e. The standard InChI is InChI=1S/C8H13OP.C2H6/c1-8(2)7-10(9)5-3-4-6-10;1-2/h3-4H,1,5-7H2,2H3;1-2H3. The van der Waals surface area contributed by atoms with Crippen LogP contribution in [0.3, 0.4) is 0 Å². The van der Waals surface area contributed by atoms with Crippen LogP contribution < -0.4 is 0 Å². The van der Waals surface area contributed by atoms with Crippen molar-refractivity contribution in [3.8, 4) is 0 Å². The molecule has 0 spiro atoms. The Hall–Kier alpha value is -0.290. The summed E-state index contributed by atoms with van der Waals surface area (Å²) in [5, 5.41) is 0. The molecule has 0 saturated carbocycles. The average Bonchev–Trinajstić information content (AvgIpc) is 2.38. The first kappa shape index (κ1) is 11.7. The largest absolute Gasteiger partial charge is 0.323 e. The van der Waals surface area contributed by atoms with Crippen molar-refractivity contribution >= 4 is 7.14 Å².